The Morgan fingerprint density at radius 1 is 1.08 bits per heavy atom. The smallest absolute Gasteiger partial charge is 0.174 e. The normalized spacial score (nSPS) is 10.7. The molecule has 0 unspecified atom stereocenters. The van der Waals surface area contributed by atoms with Gasteiger partial charge in [0.2, 0.25) is 0 Å². The summed E-state index contributed by atoms with van der Waals surface area (Å²) in [5, 5.41) is 14.5. The summed E-state index contributed by atoms with van der Waals surface area (Å²) in [7, 11) is 3.13. The third-order valence-electron chi connectivity index (χ3n) is 3.72. The standard InChI is InChI=1S/C18H16ClNO4/c1-22-15-8-7-11(9-16(15)23-2)17-13(10-21)18(24-20-17)12-5-3-4-6-14(12)19/h3-9,21H,10H2,1-2H3. The molecule has 124 valence electrons. The number of halogens is 1. The zero-order valence-electron chi connectivity index (χ0n) is 13.2. The van der Waals surface area contributed by atoms with E-state index in [4.69, 9.17) is 25.6 Å². The lowest BCUT2D eigenvalue weighted by Crippen LogP contribution is -1.93. The summed E-state index contributed by atoms with van der Waals surface area (Å²) in [6, 6.07) is 12.6. The van der Waals surface area contributed by atoms with E-state index in [9.17, 15) is 5.11 Å². The number of benzene rings is 2. The quantitative estimate of drug-likeness (QED) is 0.751. The molecule has 0 fully saturated rings. The Kier molecular flexibility index (Phi) is 4.74. The van der Waals surface area contributed by atoms with E-state index in [1.807, 2.05) is 24.3 Å². The molecule has 3 aromatic rings. The molecule has 0 saturated heterocycles. The summed E-state index contributed by atoms with van der Waals surface area (Å²) in [5.74, 6) is 1.63. The second kappa shape index (κ2) is 6.95. The van der Waals surface area contributed by atoms with Crippen molar-refractivity contribution in [2.24, 2.45) is 0 Å². The number of nitrogens with zero attached hydrogens (tertiary/aromatic N) is 1. The highest BCUT2D eigenvalue weighted by molar-refractivity contribution is 6.33. The van der Waals surface area contributed by atoms with E-state index in [0.717, 1.165) is 5.56 Å². The Bertz CT molecular complexity index is 860. The molecule has 0 aliphatic heterocycles. The second-order valence-electron chi connectivity index (χ2n) is 5.05. The van der Waals surface area contributed by atoms with Crippen molar-refractivity contribution in [3.8, 4) is 34.1 Å². The van der Waals surface area contributed by atoms with Crippen molar-refractivity contribution < 1.29 is 19.1 Å². The zero-order chi connectivity index (χ0) is 17.1. The van der Waals surface area contributed by atoms with Crippen LogP contribution >= 0.6 is 11.6 Å². The van der Waals surface area contributed by atoms with Crippen molar-refractivity contribution in [2.75, 3.05) is 14.2 Å². The van der Waals surface area contributed by atoms with Crippen LogP contribution in [0.4, 0.5) is 0 Å². The maximum absolute atomic E-state index is 9.83. The van der Waals surface area contributed by atoms with Crippen LogP contribution in [0.5, 0.6) is 11.5 Å². The van der Waals surface area contributed by atoms with Crippen LogP contribution in [0, 0.1) is 0 Å². The number of hydrogen-bond acceptors (Lipinski definition) is 5. The molecule has 3 rings (SSSR count). The summed E-state index contributed by atoms with van der Waals surface area (Å²) in [6.45, 7) is -0.228. The van der Waals surface area contributed by atoms with Crippen LogP contribution in [0.1, 0.15) is 5.56 Å². The number of rotatable bonds is 5. The highest BCUT2D eigenvalue weighted by Crippen LogP contribution is 2.38. The van der Waals surface area contributed by atoms with Gasteiger partial charge in [-0.25, -0.2) is 0 Å². The number of aliphatic hydroxyl groups excluding tert-OH is 1. The minimum atomic E-state index is -0.228. The highest BCUT2D eigenvalue weighted by Gasteiger charge is 2.21. The Hall–Kier alpha value is -2.50. The molecular weight excluding hydrogens is 330 g/mol. The summed E-state index contributed by atoms with van der Waals surface area (Å²) >= 11 is 6.22. The Morgan fingerprint density at radius 3 is 2.50 bits per heavy atom. The van der Waals surface area contributed by atoms with E-state index in [0.29, 0.717) is 39.1 Å². The maximum atomic E-state index is 9.83. The van der Waals surface area contributed by atoms with Crippen LogP contribution in [0.25, 0.3) is 22.6 Å². The molecule has 0 atom stereocenters. The average molecular weight is 346 g/mol. The molecule has 0 spiro atoms. The van der Waals surface area contributed by atoms with Crippen LogP contribution in [0.2, 0.25) is 5.02 Å². The Labute approximate surface area is 144 Å². The molecule has 6 heteroatoms. The molecule has 0 bridgehead atoms. The third-order valence-corrected chi connectivity index (χ3v) is 4.05. The minimum Gasteiger partial charge on any atom is -0.493 e. The number of methoxy groups -OCH3 is 2. The van der Waals surface area contributed by atoms with E-state index < -0.39 is 0 Å². The van der Waals surface area contributed by atoms with Crippen LogP contribution in [-0.2, 0) is 6.61 Å². The molecule has 1 heterocycles. The summed E-state index contributed by atoms with van der Waals surface area (Å²) < 4.78 is 16.0. The van der Waals surface area contributed by atoms with Gasteiger partial charge in [-0.15, -0.1) is 0 Å². The van der Waals surface area contributed by atoms with Gasteiger partial charge in [-0.2, -0.15) is 0 Å². The first-order chi connectivity index (χ1) is 11.7. The highest BCUT2D eigenvalue weighted by atomic mass is 35.5. The van der Waals surface area contributed by atoms with Crippen molar-refractivity contribution in [3.63, 3.8) is 0 Å². The molecule has 0 aliphatic rings. The lowest BCUT2D eigenvalue weighted by molar-refractivity contribution is 0.281. The van der Waals surface area contributed by atoms with Crippen LogP contribution in [0.3, 0.4) is 0 Å². The van der Waals surface area contributed by atoms with Gasteiger partial charge < -0.3 is 19.1 Å². The van der Waals surface area contributed by atoms with E-state index in [2.05, 4.69) is 5.16 Å². The van der Waals surface area contributed by atoms with Gasteiger partial charge in [-0.05, 0) is 30.3 Å². The second-order valence-corrected chi connectivity index (χ2v) is 5.45. The molecule has 0 aliphatic carbocycles. The van der Waals surface area contributed by atoms with Gasteiger partial charge in [-0.3, -0.25) is 0 Å². The van der Waals surface area contributed by atoms with Gasteiger partial charge >= 0.3 is 0 Å². The molecule has 0 saturated carbocycles. The van der Waals surface area contributed by atoms with Crippen molar-refractivity contribution in [1.29, 1.82) is 0 Å². The van der Waals surface area contributed by atoms with Crippen molar-refractivity contribution >= 4 is 11.6 Å². The van der Waals surface area contributed by atoms with E-state index >= 15 is 0 Å². The first kappa shape index (κ1) is 16.4. The van der Waals surface area contributed by atoms with Gasteiger partial charge in [0.25, 0.3) is 0 Å². The van der Waals surface area contributed by atoms with Gasteiger partial charge in [0, 0.05) is 11.1 Å². The van der Waals surface area contributed by atoms with Gasteiger partial charge in [0.05, 0.1) is 31.4 Å². The molecule has 24 heavy (non-hydrogen) atoms. The molecule has 5 nitrogen and oxygen atoms in total. The number of aliphatic hydroxyl groups is 1. The largest absolute Gasteiger partial charge is 0.493 e. The first-order valence-corrected chi connectivity index (χ1v) is 7.64. The van der Waals surface area contributed by atoms with Crippen LogP contribution in [-0.4, -0.2) is 24.5 Å². The summed E-state index contributed by atoms with van der Waals surface area (Å²) in [6.07, 6.45) is 0. The zero-order valence-corrected chi connectivity index (χ0v) is 14.0. The molecule has 0 amide bonds. The van der Waals surface area contributed by atoms with Crippen molar-refractivity contribution in [3.05, 3.63) is 53.1 Å². The van der Waals surface area contributed by atoms with E-state index in [-0.39, 0.29) is 6.61 Å². The topological polar surface area (TPSA) is 64.7 Å². The SMILES string of the molecule is COc1ccc(-c2noc(-c3ccccc3Cl)c2CO)cc1OC. The monoisotopic (exact) mass is 345 g/mol. The minimum absolute atomic E-state index is 0.228. The predicted molar refractivity (Wildman–Crippen MR) is 91.4 cm³/mol. The molecule has 1 aromatic heterocycles. The fraction of sp³-hybridized carbons (Fsp3) is 0.167. The molecule has 1 N–H and O–H groups in total. The van der Waals surface area contributed by atoms with Gasteiger partial charge in [-0.1, -0.05) is 28.9 Å². The summed E-state index contributed by atoms with van der Waals surface area (Å²) in [5.41, 5.74) is 2.53. The lowest BCUT2D eigenvalue weighted by atomic mass is 10.0. The number of aromatic nitrogens is 1. The fourth-order valence-corrected chi connectivity index (χ4v) is 2.74. The van der Waals surface area contributed by atoms with Crippen molar-refractivity contribution in [1.82, 2.24) is 5.16 Å². The van der Waals surface area contributed by atoms with Crippen LogP contribution in [0.15, 0.2) is 47.0 Å². The average Bonchev–Trinajstić information content (AvgIpc) is 3.05. The number of ether oxygens (including phenoxy) is 2. The van der Waals surface area contributed by atoms with Gasteiger partial charge in [0.1, 0.15) is 5.69 Å². The van der Waals surface area contributed by atoms with E-state index in [1.165, 1.54) is 0 Å². The lowest BCUT2D eigenvalue weighted by Gasteiger charge is -2.09. The number of hydrogen-bond donors (Lipinski definition) is 1. The summed E-state index contributed by atoms with van der Waals surface area (Å²) in [4.78, 5) is 0. The fourth-order valence-electron chi connectivity index (χ4n) is 2.52. The Balaban J connectivity index is 2.12. The van der Waals surface area contributed by atoms with Crippen LogP contribution < -0.4 is 9.47 Å². The first-order valence-electron chi connectivity index (χ1n) is 7.26. The molecule has 0 radical (unpaired) electrons. The molecular formula is C18H16ClNO4. The Morgan fingerprint density at radius 2 is 1.83 bits per heavy atom. The van der Waals surface area contributed by atoms with Crippen molar-refractivity contribution in [2.45, 2.75) is 6.61 Å². The maximum Gasteiger partial charge on any atom is 0.174 e. The van der Waals surface area contributed by atoms with Gasteiger partial charge in [0.15, 0.2) is 17.3 Å². The third kappa shape index (κ3) is 2.84. The molecule has 2 aromatic carbocycles. The predicted octanol–water partition coefficient (Wildman–Crippen LogP) is 4.17. The van der Waals surface area contributed by atoms with E-state index in [1.54, 1.807) is 32.4 Å².